The Bertz CT molecular complexity index is 643. The van der Waals surface area contributed by atoms with Gasteiger partial charge in [-0.25, -0.2) is 0 Å². The summed E-state index contributed by atoms with van der Waals surface area (Å²) in [5, 5.41) is 19.5. The predicted octanol–water partition coefficient (Wildman–Crippen LogP) is 13.1. The van der Waals surface area contributed by atoms with E-state index in [2.05, 4.69) is 25.7 Å². The summed E-state index contributed by atoms with van der Waals surface area (Å²) < 4.78 is 5.42. The van der Waals surface area contributed by atoms with Gasteiger partial charge in [0.15, 0.2) is 0 Å². The van der Waals surface area contributed by atoms with E-state index in [1.165, 1.54) is 173 Å². The molecule has 0 aliphatic carbocycles. The molecule has 0 aliphatic heterocycles. The van der Waals surface area contributed by atoms with E-state index in [4.69, 9.17) is 4.74 Å². The maximum Gasteiger partial charge on any atom is 0.305 e. The molecule has 2 N–H and O–H groups in total. The molecule has 0 amide bonds. The fraction of sp³-hybridized carbons (Fsp3) is 0.978. The number of esters is 1. The van der Waals surface area contributed by atoms with E-state index in [9.17, 15) is 15.0 Å². The van der Waals surface area contributed by atoms with Crippen molar-refractivity contribution < 1.29 is 19.7 Å². The molecule has 0 aliphatic rings. The standard InChI is InChI=1S/C45H91NO4/c1-4-7-10-13-18-26-33-40-50-45(49)37-30-23-19-25-32-39-46(41-44(48)42-47)38-31-24-17-16-22-29-36-43(34-27-20-14-11-8-5-2)35-28-21-15-12-9-6-3/h43-44,47-48H,4-42H2,1-3H3. The number of nitrogens with zero attached hydrogens (tertiary/aromatic N) is 1. The summed E-state index contributed by atoms with van der Waals surface area (Å²) in [7, 11) is 0. The van der Waals surface area contributed by atoms with Crippen molar-refractivity contribution >= 4 is 5.97 Å². The normalized spacial score (nSPS) is 12.4. The molecule has 50 heavy (non-hydrogen) atoms. The van der Waals surface area contributed by atoms with Gasteiger partial charge in [0, 0.05) is 13.0 Å². The summed E-state index contributed by atoms with van der Waals surface area (Å²) in [6.45, 7) is 9.85. The number of hydrogen-bond acceptors (Lipinski definition) is 5. The lowest BCUT2D eigenvalue weighted by Crippen LogP contribution is -2.35. The molecule has 0 radical (unpaired) electrons. The lowest BCUT2D eigenvalue weighted by Gasteiger charge is -2.24. The van der Waals surface area contributed by atoms with Gasteiger partial charge in [-0.2, -0.15) is 0 Å². The first-order valence-electron chi connectivity index (χ1n) is 22.7. The molecule has 0 fully saturated rings. The molecule has 1 atom stereocenters. The SMILES string of the molecule is CCCCCCCCCOC(=O)CCCCCCCN(CCCCCCCCC(CCCCCCCC)CCCCCCCC)CC(O)CO. The van der Waals surface area contributed by atoms with Crippen LogP contribution in [0.5, 0.6) is 0 Å². The third-order valence-corrected chi connectivity index (χ3v) is 10.8. The number of rotatable bonds is 42. The van der Waals surface area contributed by atoms with Crippen molar-refractivity contribution in [2.45, 2.75) is 245 Å². The fourth-order valence-electron chi connectivity index (χ4n) is 7.44. The summed E-state index contributed by atoms with van der Waals surface area (Å²) in [4.78, 5) is 14.4. The van der Waals surface area contributed by atoms with Crippen LogP contribution in [0.25, 0.3) is 0 Å². The average Bonchev–Trinajstić information content (AvgIpc) is 3.12. The van der Waals surface area contributed by atoms with Crippen LogP contribution < -0.4 is 0 Å². The molecule has 0 saturated carbocycles. The van der Waals surface area contributed by atoms with Crippen LogP contribution in [0.3, 0.4) is 0 Å². The molecule has 0 spiro atoms. The molecule has 0 aromatic rings. The maximum absolute atomic E-state index is 12.0. The Labute approximate surface area is 313 Å². The predicted molar refractivity (Wildman–Crippen MR) is 218 cm³/mol. The van der Waals surface area contributed by atoms with E-state index in [1.54, 1.807) is 0 Å². The Morgan fingerprint density at radius 1 is 0.500 bits per heavy atom. The Morgan fingerprint density at radius 2 is 0.860 bits per heavy atom. The lowest BCUT2D eigenvalue weighted by molar-refractivity contribution is -0.143. The smallest absolute Gasteiger partial charge is 0.305 e. The third kappa shape index (κ3) is 37.1. The Morgan fingerprint density at radius 3 is 1.28 bits per heavy atom. The van der Waals surface area contributed by atoms with Gasteiger partial charge in [-0.05, 0) is 44.7 Å². The van der Waals surface area contributed by atoms with Crippen molar-refractivity contribution in [2.24, 2.45) is 5.92 Å². The van der Waals surface area contributed by atoms with Gasteiger partial charge in [-0.1, -0.05) is 207 Å². The number of hydrogen-bond donors (Lipinski definition) is 2. The van der Waals surface area contributed by atoms with Gasteiger partial charge in [0.25, 0.3) is 0 Å². The van der Waals surface area contributed by atoms with E-state index in [1.807, 2.05) is 0 Å². The molecule has 0 heterocycles. The molecule has 0 bridgehead atoms. The number of aliphatic hydroxyl groups excluding tert-OH is 2. The highest BCUT2D eigenvalue weighted by molar-refractivity contribution is 5.69. The molecule has 0 aromatic carbocycles. The van der Waals surface area contributed by atoms with Crippen LogP contribution >= 0.6 is 0 Å². The van der Waals surface area contributed by atoms with Gasteiger partial charge in [0.05, 0.1) is 19.3 Å². The summed E-state index contributed by atoms with van der Waals surface area (Å²) >= 11 is 0. The Balaban J connectivity index is 4.04. The van der Waals surface area contributed by atoms with Crippen molar-refractivity contribution in [2.75, 3.05) is 32.8 Å². The van der Waals surface area contributed by atoms with Crippen LogP contribution in [0.1, 0.15) is 239 Å². The van der Waals surface area contributed by atoms with Gasteiger partial charge in [0.2, 0.25) is 0 Å². The zero-order valence-electron chi connectivity index (χ0n) is 34.4. The van der Waals surface area contributed by atoms with E-state index < -0.39 is 6.10 Å². The average molecular weight is 710 g/mol. The first kappa shape index (κ1) is 49.4. The molecule has 5 heteroatoms. The number of carbonyl (C=O) groups excluding carboxylic acids is 1. The molecule has 300 valence electrons. The van der Waals surface area contributed by atoms with Crippen molar-refractivity contribution in [3.63, 3.8) is 0 Å². The molecular formula is C45H91NO4. The minimum Gasteiger partial charge on any atom is -0.466 e. The van der Waals surface area contributed by atoms with Gasteiger partial charge in [0.1, 0.15) is 0 Å². The van der Waals surface area contributed by atoms with Gasteiger partial charge >= 0.3 is 5.97 Å². The second kappa shape index (κ2) is 41.1. The van der Waals surface area contributed by atoms with Crippen LogP contribution in [0.2, 0.25) is 0 Å². The highest BCUT2D eigenvalue weighted by atomic mass is 16.5. The molecule has 0 rings (SSSR count). The van der Waals surface area contributed by atoms with Crippen molar-refractivity contribution in [3.05, 3.63) is 0 Å². The fourth-order valence-corrected chi connectivity index (χ4v) is 7.44. The summed E-state index contributed by atoms with van der Waals surface area (Å²) in [5.74, 6) is 0.927. The molecule has 1 unspecified atom stereocenters. The van der Waals surface area contributed by atoms with Crippen molar-refractivity contribution in [3.8, 4) is 0 Å². The van der Waals surface area contributed by atoms with E-state index in [0.717, 1.165) is 57.5 Å². The second-order valence-corrected chi connectivity index (χ2v) is 15.9. The molecule has 0 aromatic heterocycles. The van der Waals surface area contributed by atoms with Crippen LogP contribution in [0.4, 0.5) is 0 Å². The van der Waals surface area contributed by atoms with Gasteiger partial charge in [-0.3, -0.25) is 4.79 Å². The van der Waals surface area contributed by atoms with Crippen LogP contribution in [0.15, 0.2) is 0 Å². The summed E-state index contributed by atoms with van der Waals surface area (Å²) in [5.41, 5.74) is 0. The topological polar surface area (TPSA) is 70.0 Å². The number of unbranched alkanes of at least 4 members (excludes halogenated alkanes) is 25. The summed E-state index contributed by atoms with van der Waals surface area (Å²) in [6, 6.07) is 0. The minimum absolute atomic E-state index is 0.0312. The number of carbonyl (C=O) groups is 1. The monoisotopic (exact) mass is 710 g/mol. The van der Waals surface area contributed by atoms with Crippen molar-refractivity contribution in [1.29, 1.82) is 0 Å². The maximum atomic E-state index is 12.0. The summed E-state index contributed by atoms with van der Waals surface area (Å²) in [6.07, 6.45) is 43.2. The molecule has 0 saturated heterocycles. The van der Waals surface area contributed by atoms with Gasteiger partial charge < -0.3 is 19.8 Å². The van der Waals surface area contributed by atoms with E-state index >= 15 is 0 Å². The minimum atomic E-state index is -0.650. The highest BCUT2D eigenvalue weighted by Gasteiger charge is 2.12. The largest absolute Gasteiger partial charge is 0.466 e. The lowest BCUT2D eigenvalue weighted by atomic mass is 9.89. The first-order valence-corrected chi connectivity index (χ1v) is 22.7. The first-order chi connectivity index (χ1) is 24.6. The van der Waals surface area contributed by atoms with E-state index in [-0.39, 0.29) is 12.6 Å². The Hall–Kier alpha value is -0.650. The van der Waals surface area contributed by atoms with Gasteiger partial charge in [-0.15, -0.1) is 0 Å². The van der Waals surface area contributed by atoms with Crippen LogP contribution in [0, 0.1) is 5.92 Å². The quantitative estimate of drug-likeness (QED) is 0.0488. The number of ether oxygens (including phenoxy) is 1. The second-order valence-electron chi connectivity index (χ2n) is 15.9. The third-order valence-electron chi connectivity index (χ3n) is 10.8. The van der Waals surface area contributed by atoms with Crippen LogP contribution in [-0.2, 0) is 9.53 Å². The molecular weight excluding hydrogens is 618 g/mol. The van der Waals surface area contributed by atoms with Crippen molar-refractivity contribution in [1.82, 2.24) is 4.90 Å². The van der Waals surface area contributed by atoms with Crippen LogP contribution in [-0.4, -0.2) is 60.0 Å². The number of aliphatic hydroxyl groups is 2. The zero-order valence-corrected chi connectivity index (χ0v) is 34.4. The van der Waals surface area contributed by atoms with E-state index in [0.29, 0.717) is 19.6 Å². The zero-order chi connectivity index (χ0) is 36.6. The molecule has 5 nitrogen and oxygen atoms in total. The highest BCUT2D eigenvalue weighted by Crippen LogP contribution is 2.25. The Kier molecular flexibility index (Phi) is 40.6.